The zero-order valence-corrected chi connectivity index (χ0v) is 19.2. The van der Waals surface area contributed by atoms with E-state index >= 15 is 0 Å². The molecule has 5 nitrogen and oxygen atoms in total. The van der Waals surface area contributed by atoms with E-state index in [9.17, 15) is 14.0 Å². The maximum Gasteiger partial charge on any atom is 0.265 e. The smallest absolute Gasteiger partial charge is 0.265 e. The van der Waals surface area contributed by atoms with Gasteiger partial charge in [0.2, 0.25) is 0 Å². The molecule has 2 heterocycles. The summed E-state index contributed by atoms with van der Waals surface area (Å²) in [6.45, 7) is 1.87. The van der Waals surface area contributed by atoms with Crippen molar-refractivity contribution in [3.05, 3.63) is 97.4 Å². The van der Waals surface area contributed by atoms with Crippen molar-refractivity contribution in [3.8, 4) is 0 Å². The quantitative estimate of drug-likeness (QED) is 0.332. The summed E-state index contributed by atoms with van der Waals surface area (Å²) in [5, 5.41) is 8.13. The predicted octanol–water partition coefficient (Wildman–Crippen LogP) is 6.40. The number of benzene rings is 2. The maximum atomic E-state index is 13.1. The number of rotatable bonds is 6. The number of nitrogens with zero attached hydrogens (tertiary/aromatic N) is 1. The minimum absolute atomic E-state index is 0.281. The first-order valence-corrected chi connectivity index (χ1v) is 11.6. The lowest BCUT2D eigenvalue weighted by molar-refractivity contribution is 0.101. The van der Waals surface area contributed by atoms with Crippen molar-refractivity contribution in [1.82, 2.24) is 4.98 Å². The third kappa shape index (κ3) is 5.21. The van der Waals surface area contributed by atoms with Gasteiger partial charge in [0.05, 0.1) is 21.3 Å². The van der Waals surface area contributed by atoms with E-state index in [0.717, 1.165) is 16.1 Å². The standard InChI is InChI=1S/C23H17ClFN3O2S2/c1-13-20(11-14-4-7-16(25)8-5-14)32-23(26-13)28-21(29)15-6-9-17(24)18(12-15)27-22(30)19-3-2-10-31-19/h2-10,12H,11H2,1H3,(H,27,30)(H,26,28,29). The van der Waals surface area contributed by atoms with Crippen molar-refractivity contribution in [2.24, 2.45) is 0 Å². The Kier molecular flexibility index (Phi) is 6.64. The molecule has 32 heavy (non-hydrogen) atoms. The highest BCUT2D eigenvalue weighted by Crippen LogP contribution is 2.28. The van der Waals surface area contributed by atoms with E-state index in [1.54, 1.807) is 41.8 Å². The number of carbonyl (C=O) groups excluding carboxylic acids is 2. The van der Waals surface area contributed by atoms with E-state index in [0.29, 0.717) is 32.7 Å². The normalized spacial score (nSPS) is 10.7. The number of hydrogen-bond acceptors (Lipinski definition) is 5. The van der Waals surface area contributed by atoms with Gasteiger partial charge in [-0.1, -0.05) is 29.8 Å². The Balaban J connectivity index is 1.47. The fourth-order valence-electron chi connectivity index (χ4n) is 2.96. The first kappa shape index (κ1) is 22.1. The van der Waals surface area contributed by atoms with E-state index in [4.69, 9.17) is 11.6 Å². The molecule has 0 aliphatic heterocycles. The first-order chi connectivity index (χ1) is 15.4. The lowest BCUT2D eigenvalue weighted by atomic mass is 10.1. The third-order valence-corrected chi connectivity index (χ3v) is 6.88. The van der Waals surface area contributed by atoms with Crippen LogP contribution in [0.5, 0.6) is 0 Å². The van der Waals surface area contributed by atoms with Crippen LogP contribution in [0.3, 0.4) is 0 Å². The second-order valence-electron chi connectivity index (χ2n) is 6.91. The molecular weight excluding hydrogens is 469 g/mol. The Bertz CT molecular complexity index is 1270. The molecule has 4 aromatic rings. The number of aryl methyl sites for hydroxylation is 1. The number of aromatic nitrogens is 1. The number of halogens is 2. The van der Waals surface area contributed by atoms with Crippen LogP contribution < -0.4 is 10.6 Å². The van der Waals surface area contributed by atoms with Crippen LogP contribution in [-0.4, -0.2) is 16.8 Å². The molecule has 2 N–H and O–H groups in total. The van der Waals surface area contributed by atoms with E-state index in [2.05, 4.69) is 15.6 Å². The van der Waals surface area contributed by atoms with E-state index in [1.807, 2.05) is 6.92 Å². The molecule has 0 aliphatic carbocycles. The van der Waals surface area contributed by atoms with Crippen molar-refractivity contribution in [3.63, 3.8) is 0 Å². The minimum atomic E-state index is -0.365. The Morgan fingerprint density at radius 2 is 1.84 bits per heavy atom. The fourth-order valence-corrected chi connectivity index (χ4v) is 4.73. The highest BCUT2D eigenvalue weighted by molar-refractivity contribution is 7.16. The summed E-state index contributed by atoms with van der Waals surface area (Å²) in [7, 11) is 0. The van der Waals surface area contributed by atoms with Gasteiger partial charge in [-0.3, -0.25) is 14.9 Å². The van der Waals surface area contributed by atoms with Gasteiger partial charge in [-0.25, -0.2) is 9.37 Å². The third-order valence-electron chi connectivity index (χ3n) is 4.61. The molecule has 2 aromatic carbocycles. The molecule has 0 aliphatic rings. The van der Waals surface area contributed by atoms with Gasteiger partial charge in [-0.2, -0.15) is 0 Å². The molecule has 0 saturated carbocycles. The molecular formula is C23H17ClFN3O2S2. The molecule has 2 aromatic heterocycles. The average Bonchev–Trinajstić information content (AvgIpc) is 3.42. The molecule has 9 heteroatoms. The van der Waals surface area contributed by atoms with Gasteiger partial charge in [0.1, 0.15) is 5.82 Å². The number of nitrogens with one attached hydrogen (secondary N) is 2. The minimum Gasteiger partial charge on any atom is -0.320 e. The molecule has 0 unspecified atom stereocenters. The van der Waals surface area contributed by atoms with E-state index in [-0.39, 0.29) is 17.6 Å². The van der Waals surface area contributed by atoms with Crippen molar-refractivity contribution < 1.29 is 14.0 Å². The second kappa shape index (κ2) is 9.60. The number of thiazole rings is 1. The van der Waals surface area contributed by atoms with Crippen LogP contribution in [0.2, 0.25) is 5.02 Å². The van der Waals surface area contributed by atoms with Crippen LogP contribution in [0.4, 0.5) is 15.2 Å². The van der Waals surface area contributed by atoms with E-state index < -0.39 is 0 Å². The monoisotopic (exact) mass is 485 g/mol. The van der Waals surface area contributed by atoms with Crippen LogP contribution >= 0.6 is 34.3 Å². The Morgan fingerprint density at radius 1 is 1.06 bits per heavy atom. The molecule has 4 rings (SSSR count). The molecule has 2 amide bonds. The van der Waals surface area contributed by atoms with Crippen LogP contribution in [-0.2, 0) is 6.42 Å². The molecule has 0 spiro atoms. The highest BCUT2D eigenvalue weighted by atomic mass is 35.5. The molecule has 0 bridgehead atoms. The summed E-state index contributed by atoms with van der Waals surface area (Å²) < 4.78 is 13.1. The van der Waals surface area contributed by atoms with Crippen LogP contribution in [0.25, 0.3) is 0 Å². The number of thiophene rings is 1. The van der Waals surface area contributed by atoms with E-state index in [1.165, 1.54) is 40.9 Å². The zero-order valence-electron chi connectivity index (χ0n) is 16.8. The second-order valence-corrected chi connectivity index (χ2v) is 9.35. The van der Waals surface area contributed by atoms with Gasteiger partial charge >= 0.3 is 0 Å². The zero-order chi connectivity index (χ0) is 22.7. The first-order valence-electron chi connectivity index (χ1n) is 9.55. The van der Waals surface area contributed by atoms with Gasteiger partial charge in [-0.15, -0.1) is 22.7 Å². The van der Waals surface area contributed by atoms with Crippen molar-refractivity contribution >= 4 is 56.9 Å². The maximum absolute atomic E-state index is 13.1. The van der Waals surface area contributed by atoms with Gasteiger partial charge in [-0.05, 0) is 54.3 Å². The fraction of sp³-hybridized carbons (Fsp3) is 0.0870. The Labute approximate surface area is 196 Å². The summed E-state index contributed by atoms with van der Waals surface area (Å²) in [5.74, 6) is -0.938. The topological polar surface area (TPSA) is 71.1 Å². The SMILES string of the molecule is Cc1nc(NC(=O)c2ccc(Cl)c(NC(=O)c3cccs3)c2)sc1Cc1ccc(F)cc1. The average molecular weight is 486 g/mol. The largest absolute Gasteiger partial charge is 0.320 e. The van der Waals surface area contributed by atoms with Crippen molar-refractivity contribution in [1.29, 1.82) is 0 Å². The number of anilines is 2. The predicted molar refractivity (Wildman–Crippen MR) is 128 cm³/mol. The lowest BCUT2D eigenvalue weighted by Crippen LogP contribution is -2.14. The number of carbonyl (C=O) groups is 2. The van der Waals surface area contributed by atoms with Crippen LogP contribution in [0.1, 0.15) is 36.2 Å². The van der Waals surface area contributed by atoms with Crippen LogP contribution in [0.15, 0.2) is 60.0 Å². The highest BCUT2D eigenvalue weighted by Gasteiger charge is 2.15. The lowest BCUT2D eigenvalue weighted by Gasteiger charge is -2.09. The Morgan fingerprint density at radius 3 is 2.56 bits per heavy atom. The van der Waals surface area contributed by atoms with Gasteiger partial charge in [0.25, 0.3) is 11.8 Å². The molecule has 162 valence electrons. The summed E-state index contributed by atoms with van der Waals surface area (Å²) in [5.41, 5.74) is 2.45. The van der Waals surface area contributed by atoms with Gasteiger partial charge in [0.15, 0.2) is 5.13 Å². The molecule has 0 fully saturated rings. The molecule has 0 atom stereocenters. The number of amides is 2. The van der Waals surface area contributed by atoms with Gasteiger partial charge in [0, 0.05) is 16.9 Å². The molecule has 0 radical (unpaired) electrons. The Hall–Kier alpha value is -3.07. The van der Waals surface area contributed by atoms with Crippen molar-refractivity contribution in [2.45, 2.75) is 13.3 Å². The van der Waals surface area contributed by atoms with Gasteiger partial charge < -0.3 is 5.32 Å². The number of hydrogen-bond donors (Lipinski definition) is 2. The summed E-state index contributed by atoms with van der Waals surface area (Å²) in [6.07, 6.45) is 0.597. The summed E-state index contributed by atoms with van der Waals surface area (Å²) in [6, 6.07) is 14.5. The molecule has 0 saturated heterocycles. The van der Waals surface area contributed by atoms with Crippen LogP contribution in [0, 0.1) is 12.7 Å². The van der Waals surface area contributed by atoms with Crippen molar-refractivity contribution in [2.75, 3.05) is 10.6 Å². The summed E-state index contributed by atoms with van der Waals surface area (Å²) >= 11 is 8.88. The summed E-state index contributed by atoms with van der Waals surface area (Å²) in [4.78, 5) is 31.0.